The number of halogens is 7. The number of rotatable bonds is 3. The molecule has 3 rings (SSSR count). The number of likely N-dealkylation sites (tertiary alicyclic amines) is 1. The maximum Gasteiger partial charge on any atom is 0.416 e. The van der Waals surface area contributed by atoms with E-state index in [1.807, 2.05) is 0 Å². The summed E-state index contributed by atoms with van der Waals surface area (Å²) < 4.78 is 93.2. The topological polar surface area (TPSA) is 23.6 Å². The molecule has 2 atom stereocenters. The average Bonchev–Trinajstić information content (AvgIpc) is 2.76. The molecule has 0 N–H and O–H groups in total. The van der Waals surface area contributed by atoms with Gasteiger partial charge in [0.2, 0.25) is 0 Å². The summed E-state index contributed by atoms with van der Waals surface area (Å²) in [7, 11) is 1.35. The maximum absolute atomic E-state index is 13.6. The lowest BCUT2D eigenvalue weighted by Crippen LogP contribution is -2.46. The van der Waals surface area contributed by atoms with Crippen LogP contribution in [0.2, 0.25) is 0 Å². The van der Waals surface area contributed by atoms with Crippen LogP contribution in [-0.4, -0.2) is 29.4 Å². The van der Waals surface area contributed by atoms with E-state index in [9.17, 15) is 35.5 Å². The summed E-state index contributed by atoms with van der Waals surface area (Å²) in [5, 5.41) is 0. The van der Waals surface area contributed by atoms with Crippen molar-refractivity contribution in [2.45, 2.75) is 57.5 Å². The largest absolute Gasteiger partial charge is 0.416 e. The molecule has 0 radical (unpaired) electrons. The van der Waals surface area contributed by atoms with E-state index >= 15 is 0 Å². The van der Waals surface area contributed by atoms with Gasteiger partial charge in [0.15, 0.2) is 0 Å². The van der Waals surface area contributed by atoms with E-state index in [2.05, 4.69) is 0 Å². The van der Waals surface area contributed by atoms with Crippen LogP contribution in [0, 0.1) is 12.7 Å². The zero-order valence-electron chi connectivity index (χ0n) is 18.9. The van der Waals surface area contributed by atoms with E-state index < -0.39 is 41.4 Å². The Kier molecular flexibility index (Phi) is 7.19. The van der Waals surface area contributed by atoms with Gasteiger partial charge in [0.25, 0.3) is 0 Å². The molecule has 186 valence electrons. The Morgan fingerprint density at radius 2 is 1.59 bits per heavy atom. The predicted octanol–water partition coefficient (Wildman–Crippen LogP) is 7.51. The summed E-state index contributed by atoms with van der Waals surface area (Å²) in [4.78, 5) is 16.1. The predicted molar refractivity (Wildman–Crippen MR) is 112 cm³/mol. The third kappa shape index (κ3) is 5.47. The number of hydrogen-bond acceptors (Lipinski definition) is 1. The number of amides is 2. The van der Waals surface area contributed by atoms with Gasteiger partial charge in [0.05, 0.1) is 23.2 Å². The first-order valence-corrected chi connectivity index (χ1v) is 10.8. The molecule has 1 saturated heterocycles. The highest BCUT2D eigenvalue weighted by Gasteiger charge is 2.38. The minimum absolute atomic E-state index is 0.0655. The average molecular weight is 490 g/mol. The second-order valence-corrected chi connectivity index (χ2v) is 8.61. The zero-order chi connectivity index (χ0) is 25.4. The fourth-order valence-electron chi connectivity index (χ4n) is 4.31. The fourth-order valence-corrected chi connectivity index (χ4v) is 4.31. The monoisotopic (exact) mass is 490 g/mol. The van der Waals surface area contributed by atoms with E-state index in [1.165, 1.54) is 26.1 Å². The third-order valence-electron chi connectivity index (χ3n) is 6.31. The summed E-state index contributed by atoms with van der Waals surface area (Å²) in [6.45, 7) is 3.48. The SMILES string of the molecule is Cc1cc(F)ccc1[C@H]1CCCCN1C(=O)N(C)[C@H](C)c1cc(C(F)(F)F)cc(C(F)(F)F)c1. The van der Waals surface area contributed by atoms with Crippen LogP contribution in [0.4, 0.5) is 35.5 Å². The molecule has 2 aromatic rings. The van der Waals surface area contributed by atoms with E-state index in [4.69, 9.17) is 0 Å². The van der Waals surface area contributed by atoms with Crippen LogP contribution in [0.1, 0.15) is 66.1 Å². The summed E-state index contributed by atoms with van der Waals surface area (Å²) in [5.74, 6) is -0.411. The summed E-state index contributed by atoms with van der Waals surface area (Å²) in [6.07, 6.45) is -7.81. The van der Waals surface area contributed by atoms with Gasteiger partial charge in [0.1, 0.15) is 5.82 Å². The van der Waals surface area contributed by atoms with E-state index in [0.29, 0.717) is 37.1 Å². The van der Waals surface area contributed by atoms with Crippen molar-refractivity contribution in [2.75, 3.05) is 13.6 Å². The number of carbonyl (C=O) groups is 1. The van der Waals surface area contributed by atoms with Gasteiger partial charge in [-0.05, 0) is 80.1 Å². The highest BCUT2D eigenvalue weighted by molar-refractivity contribution is 5.75. The number of nitrogens with zero attached hydrogens (tertiary/aromatic N) is 2. The van der Waals surface area contributed by atoms with Gasteiger partial charge in [-0.25, -0.2) is 9.18 Å². The number of urea groups is 1. The molecule has 1 heterocycles. The Labute approximate surface area is 193 Å². The smallest absolute Gasteiger partial charge is 0.321 e. The van der Waals surface area contributed by atoms with Crippen molar-refractivity contribution in [3.8, 4) is 0 Å². The molecule has 0 aliphatic carbocycles. The highest BCUT2D eigenvalue weighted by atomic mass is 19.4. The number of hydrogen-bond donors (Lipinski definition) is 0. The van der Waals surface area contributed by atoms with E-state index in [-0.39, 0.29) is 17.7 Å². The molecule has 2 aromatic carbocycles. The summed E-state index contributed by atoms with van der Waals surface area (Å²) in [6, 6.07) is 3.66. The third-order valence-corrected chi connectivity index (χ3v) is 6.31. The second-order valence-electron chi connectivity index (χ2n) is 8.61. The van der Waals surface area contributed by atoms with Gasteiger partial charge in [-0.1, -0.05) is 6.07 Å². The number of aryl methyl sites for hydroxylation is 1. The molecule has 1 fully saturated rings. The first kappa shape index (κ1) is 25.8. The van der Waals surface area contributed by atoms with Gasteiger partial charge in [-0.3, -0.25) is 0 Å². The lowest BCUT2D eigenvalue weighted by molar-refractivity contribution is -0.143. The fraction of sp³-hybridized carbons (Fsp3) is 0.458. The molecule has 1 aliphatic heterocycles. The Balaban J connectivity index is 1.94. The van der Waals surface area contributed by atoms with Gasteiger partial charge < -0.3 is 9.80 Å². The van der Waals surface area contributed by atoms with Crippen LogP contribution in [0.25, 0.3) is 0 Å². The van der Waals surface area contributed by atoms with Crippen molar-refractivity contribution in [1.82, 2.24) is 9.80 Å². The van der Waals surface area contributed by atoms with Crippen molar-refractivity contribution in [3.63, 3.8) is 0 Å². The van der Waals surface area contributed by atoms with Crippen molar-refractivity contribution in [1.29, 1.82) is 0 Å². The first-order chi connectivity index (χ1) is 15.7. The molecule has 2 amide bonds. The zero-order valence-corrected chi connectivity index (χ0v) is 18.9. The van der Waals surface area contributed by atoms with Crippen LogP contribution in [0.15, 0.2) is 36.4 Å². The molecule has 0 bridgehead atoms. The first-order valence-electron chi connectivity index (χ1n) is 10.8. The van der Waals surface area contributed by atoms with Crippen LogP contribution in [-0.2, 0) is 12.4 Å². The van der Waals surface area contributed by atoms with Gasteiger partial charge in [-0.15, -0.1) is 0 Å². The van der Waals surface area contributed by atoms with Crippen LogP contribution >= 0.6 is 0 Å². The molecular formula is C24H25F7N2O. The van der Waals surface area contributed by atoms with Crippen molar-refractivity contribution in [3.05, 3.63) is 70.0 Å². The van der Waals surface area contributed by atoms with Gasteiger partial charge in [-0.2, -0.15) is 26.3 Å². The molecule has 3 nitrogen and oxygen atoms in total. The lowest BCUT2D eigenvalue weighted by atomic mass is 9.92. The second kappa shape index (κ2) is 9.46. The normalized spacial score (nSPS) is 18.1. The highest BCUT2D eigenvalue weighted by Crippen LogP contribution is 2.39. The number of alkyl halides is 6. The molecule has 0 spiro atoms. The van der Waals surface area contributed by atoms with Crippen LogP contribution in [0.5, 0.6) is 0 Å². The van der Waals surface area contributed by atoms with Gasteiger partial charge in [0, 0.05) is 13.6 Å². The molecule has 10 heteroatoms. The minimum atomic E-state index is -4.98. The van der Waals surface area contributed by atoms with Crippen LogP contribution < -0.4 is 0 Å². The molecule has 0 saturated carbocycles. The number of piperidine rings is 1. The number of carbonyl (C=O) groups excluding carboxylic acids is 1. The van der Waals surface area contributed by atoms with Crippen molar-refractivity contribution >= 4 is 6.03 Å². The maximum atomic E-state index is 13.6. The lowest BCUT2D eigenvalue weighted by Gasteiger charge is -2.40. The van der Waals surface area contributed by atoms with E-state index in [1.54, 1.807) is 17.9 Å². The van der Waals surface area contributed by atoms with Crippen molar-refractivity contribution < 1.29 is 35.5 Å². The molecule has 0 aromatic heterocycles. The standard InChI is InChI=1S/C24H25F7N2O/c1-14-10-19(25)7-8-20(14)21-6-4-5-9-33(21)22(34)32(3)15(2)16-11-17(23(26,27)28)13-18(12-16)24(29,30)31/h7-8,10-13,15,21H,4-6,9H2,1-3H3/t15-,21-/m1/s1. The van der Waals surface area contributed by atoms with E-state index in [0.717, 1.165) is 16.9 Å². The summed E-state index contributed by atoms with van der Waals surface area (Å²) >= 11 is 0. The Morgan fingerprint density at radius 1 is 1.00 bits per heavy atom. The molecule has 0 unspecified atom stereocenters. The molecule has 34 heavy (non-hydrogen) atoms. The van der Waals surface area contributed by atoms with Crippen molar-refractivity contribution in [2.24, 2.45) is 0 Å². The van der Waals surface area contributed by atoms with Gasteiger partial charge >= 0.3 is 18.4 Å². The Morgan fingerprint density at radius 3 is 2.12 bits per heavy atom. The van der Waals surface area contributed by atoms with Crippen LogP contribution in [0.3, 0.4) is 0 Å². The Hall–Kier alpha value is -2.78. The summed E-state index contributed by atoms with van der Waals surface area (Å²) in [5.41, 5.74) is -1.71. The molecule has 1 aliphatic rings. The Bertz CT molecular complexity index is 1020. The minimum Gasteiger partial charge on any atom is -0.321 e. The number of benzene rings is 2. The molecular weight excluding hydrogens is 465 g/mol. The quantitative estimate of drug-likeness (QED) is 0.409.